The molecule has 0 aliphatic carbocycles. The van der Waals surface area contributed by atoms with Gasteiger partial charge in [-0.2, -0.15) is 18.4 Å². The molecule has 1 heterocycles. The van der Waals surface area contributed by atoms with E-state index in [0.717, 1.165) is 29.2 Å². The number of anilines is 3. The number of aromatic carboxylic acids is 1. The van der Waals surface area contributed by atoms with Crippen LogP contribution in [0, 0.1) is 17.1 Å². The minimum Gasteiger partial charge on any atom is -0.478 e. The van der Waals surface area contributed by atoms with Crippen LogP contribution in [0.25, 0.3) is 0 Å². The predicted molar refractivity (Wildman–Crippen MR) is 141 cm³/mol. The number of nitriles is 1. The molecule has 1 aliphatic rings. The van der Waals surface area contributed by atoms with Gasteiger partial charge >= 0.3 is 24.2 Å². The number of carboxylic acid groups (broad SMARTS) is 1. The largest absolute Gasteiger partial charge is 0.478 e. The summed E-state index contributed by atoms with van der Waals surface area (Å²) in [5, 5.41) is 23.0. The normalized spacial score (nSPS) is 14.5. The summed E-state index contributed by atoms with van der Waals surface area (Å²) < 4.78 is 54.8. The second-order valence-electron chi connectivity index (χ2n) is 9.67. The fourth-order valence-electron chi connectivity index (χ4n) is 4.29. The van der Waals surface area contributed by atoms with Crippen molar-refractivity contribution < 1.29 is 41.8 Å². The Morgan fingerprint density at radius 2 is 1.67 bits per heavy atom. The first kappa shape index (κ1) is 29.5. The number of hydrogen-bond acceptors (Lipinski definition) is 5. The van der Waals surface area contributed by atoms with Crippen LogP contribution < -0.4 is 15.5 Å². The molecular weight excluding hydrogens is 562 g/mol. The SMILES string of the molecule is CC1(C)C(=O)N(c2ccc(C#N)c(C(F)(F)F)c2)C(=O)N1Cc1ccc(F)cc1NC(=O)Nc1ccc(C(=O)O)cc1. The smallest absolute Gasteiger partial charge is 0.417 e. The molecule has 1 aliphatic heterocycles. The van der Waals surface area contributed by atoms with Crippen LogP contribution in [0.4, 0.5) is 44.2 Å². The lowest BCUT2D eigenvalue weighted by molar-refractivity contribution is -0.137. The van der Waals surface area contributed by atoms with Crippen LogP contribution in [0.5, 0.6) is 0 Å². The van der Waals surface area contributed by atoms with Gasteiger partial charge in [0.1, 0.15) is 11.4 Å². The standard InChI is InChI=1S/C28H21F4N5O5/c1-27(2)24(40)37(20-10-6-16(13-33)21(12-20)28(30,31)32)26(42)36(27)14-17-3-7-18(29)11-22(17)35-25(41)34-19-8-4-15(5-9-19)23(38)39/h3-12H,14H2,1-2H3,(H,38,39)(H2,34,35,41). The molecular formula is C28H21F4N5O5. The van der Waals surface area contributed by atoms with Crippen LogP contribution in [0.2, 0.25) is 0 Å². The van der Waals surface area contributed by atoms with E-state index in [1.54, 1.807) is 0 Å². The first-order valence-electron chi connectivity index (χ1n) is 12.1. The maximum absolute atomic E-state index is 14.1. The Morgan fingerprint density at radius 1 is 1.00 bits per heavy atom. The van der Waals surface area contributed by atoms with E-state index in [1.807, 2.05) is 0 Å². The molecule has 42 heavy (non-hydrogen) atoms. The molecule has 10 nitrogen and oxygen atoms in total. The van der Waals surface area contributed by atoms with E-state index >= 15 is 0 Å². The van der Waals surface area contributed by atoms with E-state index in [9.17, 15) is 36.7 Å². The van der Waals surface area contributed by atoms with Gasteiger partial charge in [0.15, 0.2) is 0 Å². The zero-order valence-corrected chi connectivity index (χ0v) is 21.9. The van der Waals surface area contributed by atoms with Crippen molar-refractivity contribution in [1.29, 1.82) is 5.26 Å². The average Bonchev–Trinajstić information content (AvgIpc) is 3.08. The van der Waals surface area contributed by atoms with Gasteiger partial charge in [0.2, 0.25) is 0 Å². The van der Waals surface area contributed by atoms with Gasteiger partial charge in [-0.3, -0.25) is 4.79 Å². The number of benzene rings is 3. The van der Waals surface area contributed by atoms with Gasteiger partial charge in [-0.15, -0.1) is 0 Å². The minimum atomic E-state index is -4.92. The number of nitrogens with zero attached hydrogens (tertiary/aromatic N) is 3. The number of carbonyl (C=O) groups is 4. The average molecular weight is 583 g/mol. The van der Waals surface area contributed by atoms with Crippen LogP contribution >= 0.6 is 0 Å². The number of alkyl halides is 3. The summed E-state index contributed by atoms with van der Waals surface area (Å²) in [6.45, 7) is 2.41. The third kappa shape index (κ3) is 5.71. The maximum atomic E-state index is 14.1. The Kier molecular flexibility index (Phi) is 7.63. The van der Waals surface area contributed by atoms with Crippen LogP contribution in [0.15, 0.2) is 60.7 Å². The third-order valence-electron chi connectivity index (χ3n) is 6.55. The number of halogens is 4. The van der Waals surface area contributed by atoms with E-state index in [-0.39, 0.29) is 29.0 Å². The van der Waals surface area contributed by atoms with Crippen molar-refractivity contribution in [2.24, 2.45) is 0 Å². The topological polar surface area (TPSA) is 143 Å². The summed E-state index contributed by atoms with van der Waals surface area (Å²) in [5.74, 6) is -2.74. The van der Waals surface area contributed by atoms with Crippen LogP contribution in [-0.2, 0) is 17.5 Å². The van der Waals surface area contributed by atoms with Crippen LogP contribution in [-0.4, -0.2) is 39.5 Å². The number of urea groups is 2. The quantitative estimate of drug-likeness (QED) is 0.247. The number of amides is 5. The molecule has 0 spiro atoms. The number of carboxylic acids is 1. The Hall–Kier alpha value is -5.45. The fourth-order valence-corrected chi connectivity index (χ4v) is 4.29. The molecule has 1 fully saturated rings. The fraction of sp³-hybridized carbons (Fsp3) is 0.179. The Labute approximate surface area is 235 Å². The van der Waals surface area contributed by atoms with E-state index in [2.05, 4.69) is 10.6 Å². The zero-order valence-electron chi connectivity index (χ0n) is 21.9. The number of carbonyl (C=O) groups excluding carboxylic acids is 3. The van der Waals surface area contributed by atoms with Gasteiger partial charge in [0.25, 0.3) is 5.91 Å². The molecule has 1 saturated heterocycles. The first-order valence-corrected chi connectivity index (χ1v) is 12.1. The molecule has 4 rings (SSSR count). The van der Waals surface area contributed by atoms with Crippen molar-refractivity contribution in [3.63, 3.8) is 0 Å². The summed E-state index contributed by atoms with van der Waals surface area (Å²) in [5.41, 5.74) is -3.60. The predicted octanol–water partition coefficient (Wildman–Crippen LogP) is 5.81. The summed E-state index contributed by atoms with van der Waals surface area (Å²) in [6, 6.07) is 10.6. The second-order valence-corrected chi connectivity index (χ2v) is 9.67. The summed E-state index contributed by atoms with van der Waals surface area (Å²) in [7, 11) is 0. The lowest BCUT2D eigenvalue weighted by Crippen LogP contribution is -2.43. The van der Waals surface area contributed by atoms with E-state index in [4.69, 9.17) is 10.4 Å². The van der Waals surface area contributed by atoms with Crippen molar-refractivity contribution in [3.05, 3.63) is 88.7 Å². The van der Waals surface area contributed by atoms with E-state index in [0.29, 0.717) is 11.0 Å². The molecule has 3 aromatic rings. The summed E-state index contributed by atoms with van der Waals surface area (Å²) >= 11 is 0. The molecule has 14 heteroatoms. The highest BCUT2D eigenvalue weighted by molar-refractivity contribution is 6.23. The molecule has 0 aromatic heterocycles. The van der Waals surface area contributed by atoms with E-state index in [1.165, 1.54) is 50.2 Å². The highest BCUT2D eigenvalue weighted by Gasteiger charge is 2.52. The highest BCUT2D eigenvalue weighted by Crippen LogP contribution is 2.38. The van der Waals surface area contributed by atoms with Gasteiger partial charge in [-0.25, -0.2) is 23.7 Å². The van der Waals surface area contributed by atoms with Crippen molar-refractivity contribution in [1.82, 2.24) is 4.90 Å². The lowest BCUT2D eigenvalue weighted by atomic mass is 10.0. The zero-order chi connectivity index (χ0) is 31.0. The minimum absolute atomic E-state index is 0.00880. The monoisotopic (exact) mass is 583 g/mol. The van der Waals surface area contributed by atoms with Gasteiger partial charge < -0.3 is 20.6 Å². The van der Waals surface area contributed by atoms with Gasteiger partial charge in [-0.1, -0.05) is 6.07 Å². The third-order valence-corrected chi connectivity index (χ3v) is 6.55. The van der Waals surface area contributed by atoms with Crippen LogP contribution in [0.3, 0.4) is 0 Å². The Bertz CT molecular complexity index is 1650. The summed E-state index contributed by atoms with van der Waals surface area (Å²) in [4.78, 5) is 52.0. The molecule has 5 amide bonds. The Morgan fingerprint density at radius 3 is 2.26 bits per heavy atom. The first-order chi connectivity index (χ1) is 19.6. The maximum Gasteiger partial charge on any atom is 0.417 e. The molecule has 3 aromatic carbocycles. The number of imide groups is 1. The van der Waals surface area contributed by atoms with E-state index < -0.39 is 58.3 Å². The van der Waals surface area contributed by atoms with Gasteiger partial charge in [0, 0.05) is 5.69 Å². The molecule has 0 saturated carbocycles. The molecule has 0 unspecified atom stereocenters. The van der Waals surface area contributed by atoms with Crippen molar-refractivity contribution in [2.45, 2.75) is 32.1 Å². The summed E-state index contributed by atoms with van der Waals surface area (Å²) in [6.07, 6.45) is -4.92. The number of nitrogens with one attached hydrogen (secondary N) is 2. The molecule has 216 valence electrons. The van der Waals surface area contributed by atoms with Crippen molar-refractivity contribution >= 4 is 41.0 Å². The highest BCUT2D eigenvalue weighted by atomic mass is 19.4. The molecule has 0 bridgehead atoms. The van der Waals surface area contributed by atoms with Gasteiger partial charge in [0.05, 0.1) is 40.7 Å². The number of rotatable bonds is 6. The second kappa shape index (κ2) is 10.8. The van der Waals surface area contributed by atoms with Gasteiger partial charge in [-0.05, 0) is 74.0 Å². The van der Waals surface area contributed by atoms with Crippen molar-refractivity contribution in [3.8, 4) is 6.07 Å². The molecule has 0 atom stereocenters. The van der Waals surface area contributed by atoms with Crippen molar-refractivity contribution in [2.75, 3.05) is 15.5 Å². The van der Waals surface area contributed by atoms with Crippen LogP contribution in [0.1, 0.15) is 40.9 Å². The molecule has 3 N–H and O–H groups in total. The Balaban J connectivity index is 1.60. The number of hydrogen-bond donors (Lipinski definition) is 3. The molecule has 0 radical (unpaired) electrons. The lowest BCUT2D eigenvalue weighted by Gasteiger charge is -2.28.